The first-order valence-electron chi connectivity index (χ1n) is 15.8. The molecule has 2 unspecified atom stereocenters. The number of hydrogen-bond acceptors (Lipinski definition) is 7. The number of ether oxygens (including phenoxy) is 1. The van der Waals surface area contributed by atoms with Crippen LogP contribution in [0.25, 0.3) is 11.0 Å². The van der Waals surface area contributed by atoms with Gasteiger partial charge in [0, 0.05) is 19.6 Å². The normalized spacial score (nSPS) is 28.0. The second-order valence-electron chi connectivity index (χ2n) is 12.7. The SMILES string of the molecule is C=CCN(Cn1nnc2ccccc21)C(=O)C1N([C@@H](CO)C(C)C)C(=O)[C@@H]2[C@H](C(=O)N(CC=C)CCC)[C@]3(CC)CCC12O3. The second kappa shape index (κ2) is 12.4. The van der Waals surface area contributed by atoms with Crippen LogP contribution in [0, 0.1) is 17.8 Å². The molecular formula is C33H46N6O5. The van der Waals surface area contributed by atoms with Crippen molar-refractivity contribution in [2.75, 3.05) is 26.2 Å². The van der Waals surface area contributed by atoms with Gasteiger partial charge in [-0.05, 0) is 43.7 Å². The molecule has 3 fully saturated rings. The minimum Gasteiger partial charge on any atom is -0.394 e. The van der Waals surface area contributed by atoms with Gasteiger partial charge >= 0.3 is 0 Å². The number of amides is 3. The van der Waals surface area contributed by atoms with E-state index in [0.29, 0.717) is 37.9 Å². The average Bonchev–Trinajstić information content (AvgIpc) is 3.74. The maximum atomic E-state index is 14.9. The van der Waals surface area contributed by atoms with Crippen LogP contribution in [0.1, 0.15) is 53.4 Å². The van der Waals surface area contributed by atoms with Crippen molar-refractivity contribution in [2.24, 2.45) is 17.8 Å². The summed E-state index contributed by atoms with van der Waals surface area (Å²) in [5, 5.41) is 19.1. The number of likely N-dealkylation sites (tertiary alicyclic amines) is 1. The molecule has 44 heavy (non-hydrogen) atoms. The second-order valence-corrected chi connectivity index (χ2v) is 12.7. The zero-order chi connectivity index (χ0) is 31.8. The molecule has 3 amide bonds. The van der Waals surface area contributed by atoms with E-state index in [2.05, 4.69) is 23.5 Å². The number of hydrogen-bond donors (Lipinski definition) is 1. The summed E-state index contributed by atoms with van der Waals surface area (Å²) in [7, 11) is 0. The number of nitrogens with zero attached hydrogens (tertiary/aromatic N) is 6. The van der Waals surface area contributed by atoms with Crippen LogP contribution in [0.2, 0.25) is 0 Å². The number of carbonyl (C=O) groups excluding carboxylic acids is 3. The molecule has 6 atom stereocenters. The van der Waals surface area contributed by atoms with Gasteiger partial charge in [0.1, 0.15) is 23.8 Å². The summed E-state index contributed by atoms with van der Waals surface area (Å²) in [6, 6.07) is 5.85. The van der Waals surface area contributed by atoms with Crippen LogP contribution in [0.4, 0.5) is 0 Å². The van der Waals surface area contributed by atoms with Crippen molar-refractivity contribution in [1.82, 2.24) is 29.7 Å². The molecule has 2 aromatic rings. The van der Waals surface area contributed by atoms with Gasteiger partial charge in [-0.2, -0.15) is 0 Å². The van der Waals surface area contributed by atoms with E-state index >= 15 is 0 Å². The number of aliphatic hydroxyl groups excluding tert-OH is 1. The van der Waals surface area contributed by atoms with E-state index in [-0.39, 0.29) is 43.5 Å². The molecule has 0 saturated carbocycles. The smallest absolute Gasteiger partial charge is 0.250 e. The molecule has 1 aromatic carbocycles. The quantitative estimate of drug-likeness (QED) is 0.328. The molecule has 3 saturated heterocycles. The van der Waals surface area contributed by atoms with E-state index in [1.807, 2.05) is 52.0 Å². The maximum Gasteiger partial charge on any atom is 0.250 e. The van der Waals surface area contributed by atoms with Crippen molar-refractivity contribution in [3.8, 4) is 0 Å². The van der Waals surface area contributed by atoms with Crippen LogP contribution >= 0.6 is 0 Å². The fourth-order valence-electron chi connectivity index (χ4n) is 7.93. The number of aliphatic hydroxyl groups is 1. The van der Waals surface area contributed by atoms with Crippen LogP contribution in [0.15, 0.2) is 49.6 Å². The Morgan fingerprint density at radius 2 is 1.84 bits per heavy atom. The van der Waals surface area contributed by atoms with Crippen molar-refractivity contribution in [2.45, 2.75) is 83.3 Å². The van der Waals surface area contributed by atoms with E-state index in [0.717, 1.165) is 11.9 Å². The molecule has 4 heterocycles. The summed E-state index contributed by atoms with van der Waals surface area (Å²) in [5.74, 6) is -2.49. The number of benzene rings is 1. The minimum absolute atomic E-state index is 0.0843. The number of rotatable bonds is 14. The molecule has 2 bridgehead atoms. The highest BCUT2D eigenvalue weighted by Gasteiger charge is 2.79. The topological polar surface area (TPSA) is 121 Å². The Bertz CT molecular complexity index is 1420. The van der Waals surface area contributed by atoms with Gasteiger partial charge in [0.05, 0.1) is 35.6 Å². The first kappa shape index (κ1) is 31.8. The zero-order valence-electron chi connectivity index (χ0n) is 26.4. The van der Waals surface area contributed by atoms with E-state index in [4.69, 9.17) is 4.74 Å². The maximum absolute atomic E-state index is 14.9. The third kappa shape index (κ3) is 4.84. The lowest BCUT2D eigenvalue weighted by Gasteiger charge is -2.40. The standard InChI is InChI=1S/C33H46N6O5/c1-7-17-36(18-8-2)29(41)26-27-30(42)39(25(20-40)22(5)6)28(33(27)16-15-32(26,10-4)44-33)31(43)37(19-9-3)21-38-24-14-12-11-13-23(24)34-35-38/h7,9,11-14,22,25-28,40H,1,3,8,10,15-21H2,2,4-6H3/t25-,26+,27-,28?,32-,33?/m0/s1. The fraction of sp³-hybridized carbons (Fsp3) is 0.606. The van der Waals surface area contributed by atoms with E-state index in [9.17, 15) is 19.5 Å². The van der Waals surface area contributed by atoms with E-state index in [1.165, 1.54) is 0 Å². The largest absolute Gasteiger partial charge is 0.394 e. The summed E-state index contributed by atoms with van der Waals surface area (Å²) in [6.07, 6.45) is 5.68. The molecule has 238 valence electrons. The van der Waals surface area contributed by atoms with Gasteiger partial charge < -0.3 is 24.5 Å². The van der Waals surface area contributed by atoms with Gasteiger partial charge in [-0.25, -0.2) is 4.68 Å². The molecule has 3 aliphatic rings. The Balaban J connectivity index is 1.61. The molecule has 3 aliphatic heterocycles. The first-order chi connectivity index (χ1) is 21.1. The summed E-state index contributed by atoms with van der Waals surface area (Å²) in [6.45, 7) is 16.4. The Hall–Kier alpha value is -3.57. The predicted molar refractivity (Wildman–Crippen MR) is 166 cm³/mol. The molecule has 0 aliphatic carbocycles. The molecule has 11 heteroatoms. The zero-order valence-corrected chi connectivity index (χ0v) is 26.4. The Morgan fingerprint density at radius 1 is 1.14 bits per heavy atom. The lowest BCUT2D eigenvalue weighted by atomic mass is 9.64. The molecule has 5 rings (SSSR count). The lowest BCUT2D eigenvalue weighted by molar-refractivity contribution is -0.159. The highest BCUT2D eigenvalue weighted by Crippen LogP contribution is 2.65. The molecule has 11 nitrogen and oxygen atoms in total. The van der Waals surface area contributed by atoms with E-state index in [1.54, 1.807) is 31.5 Å². The van der Waals surface area contributed by atoms with Gasteiger partial charge in [0.2, 0.25) is 17.7 Å². The van der Waals surface area contributed by atoms with Gasteiger partial charge in [0.25, 0.3) is 0 Å². The number of aromatic nitrogens is 3. The van der Waals surface area contributed by atoms with Gasteiger partial charge in [-0.15, -0.1) is 18.3 Å². The van der Waals surface area contributed by atoms with Crippen LogP contribution in [-0.4, -0.2) is 102 Å². The molecule has 0 radical (unpaired) electrons. The van der Waals surface area contributed by atoms with Crippen molar-refractivity contribution in [1.29, 1.82) is 0 Å². The van der Waals surface area contributed by atoms with Crippen molar-refractivity contribution >= 4 is 28.8 Å². The third-order valence-electron chi connectivity index (χ3n) is 9.97. The Kier molecular flexibility index (Phi) is 9.00. The molecule has 1 spiro atoms. The van der Waals surface area contributed by atoms with Crippen LogP contribution in [0.3, 0.4) is 0 Å². The summed E-state index contributed by atoms with van der Waals surface area (Å²) < 4.78 is 8.63. The Morgan fingerprint density at radius 3 is 2.48 bits per heavy atom. The minimum atomic E-state index is -1.21. The Labute approximate surface area is 259 Å². The van der Waals surface area contributed by atoms with Crippen LogP contribution < -0.4 is 0 Å². The summed E-state index contributed by atoms with van der Waals surface area (Å²) in [4.78, 5) is 48.8. The van der Waals surface area contributed by atoms with Crippen molar-refractivity contribution in [3.63, 3.8) is 0 Å². The van der Waals surface area contributed by atoms with Crippen LogP contribution in [0.5, 0.6) is 0 Å². The van der Waals surface area contributed by atoms with E-state index < -0.39 is 35.1 Å². The number of para-hydroxylation sites is 1. The predicted octanol–water partition coefficient (Wildman–Crippen LogP) is 3.00. The van der Waals surface area contributed by atoms with Gasteiger partial charge in [-0.1, -0.05) is 57.2 Å². The first-order valence-corrected chi connectivity index (χ1v) is 15.8. The summed E-state index contributed by atoms with van der Waals surface area (Å²) in [5.41, 5.74) is -0.585. The lowest BCUT2D eigenvalue weighted by Crippen LogP contribution is -2.59. The van der Waals surface area contributed by atoms with Crippen molar-refractivity contribution < 1.29 is 24.2 Å². The van der Waals surface area contributed by atoms with Crippen LogP contribution in [-0.2, 0) is 25.8 Å². The highest BCUT2D eigenvalue weighted by atomic mass is 16.5. The number of carbonyl (C=O) groups is 3. The fourth-order valence-corrected chi connectivity index (χ4v) is 7.93. The van der Waals surface area contributed by atoms with Crippen molar-refractivity contribution in [3.05, 3.63) is 49.6 Å². The molecular weight excluding hydrogens is 560 g/mol. The average molecular weight is 607 g/mol. The van der Waals surface area contributed by atoms with Gasteiger partial charge in [-0.3, -0.25) is 14.4 Å². The number of fused-ring (bicyclic) bond motifs is 2. The third-order valence-corrected chi connectivity index (χ3v) is 9.97. The summed E-state index contributed by atoms with van der Waals surface area (Å²) >= 11 is 0. The molecule has 1 aromatic heterocycles. The monoisotopic (exact) mass is 606 g/mol. The molecule has 1 N–H and O–H groups in total. The highest BCUT2D eigenvalue weighted by molar-refractivity contribution is 5.99. The van der Waals surface area contributed by atoms with Gasteiger partial charge in [0.15, 0.2) is 0 Å².